The number of nitrogens with zero attached hydrogens (tertiary/aromatic N) is 1. The predicted molar refractivity (Wildman–Crippen MR) is 75.5 cm³/mol. The summed E-state index contributed by atoms with van der Waals surface area (Å²) in [5.74, 6) is 0. The zero-order valence-corrected chi connectivity index (χ0v) is 11.4. The molecule has 1 atom stereocenters. The molecule has 0 aliphatic carbocycles. The van der Waals surface area contributed by atoms with E-state index in [0.29, 0.717) is 0 Å². The molecule has 19 heavy (non-hydrogen) atoms. The number of benzene rings is 1. The lowest BCUT2D eigenvalue weighted by Crippen LogP contribution is -2.22. The van der Waals surface area contributed by atoms with E-state index < -0.39 is 0 Å². The molecule has 3 heteroatoms. The minimum Gasteiger partial charge on any atom is -0.370 e. The summed E-state index contributed by atoms with van der Waals surface area (Å²) < 4.78 is 8.23. The molecule has 1 fully saturated rings. The first kappa shape index (κ1) is 12.4. The Balaban J connectivity index is 1.87. The zero-order valence-electron chi connectivity index (χ0n) is 11.4. The van der Waals surface area contributed by atoms with Gasteiger partial charge in [0.2, 0.25) is 0 Å². The van der Waals surface area contributed by atoms with Gasteiger partial charge in [-0.1, -0.05) is 12.1 Å². The summed E-state index contributed by atoms with van der Waals surface area (Å²) in [6.45, 7) is 5.14. The van der Waals surface area contributed by atoms with Gasteiger partial charge in [0.1, 0.15) is 6.29 Å². The average Bonchev–Trinajstić information content (AvgIpc) is 2.93. The van der Waals surface area contributed by atoms with Crippen LogP contribution in [-0.2, 0) is 11.3 Å². The van der Waals surface area contributed by atoms with Crippen LogP contribution in [0.5, 0.6) is 0 Å². The second-order valence-corrected chi connectivity index (χ2v) is 5.94. The summed E-state index contributed by atoms with van der Waals surface area (Å²) in [5.41, 5.74) is 1.83. The molecule has 0 bridgehead atoms. The van der Waals surface area contributed by atoms with Gasteiger partial charge in [-0.25, -0.2) is 0 Å². The molecule has 0 spiro atoms. The minimum atomic E-state index is 0.00157. The highest BCUT2D eigenvalue weighted by Crippen LogP contribution is 2.31. The Morgan fingerprint density at radius 1 is 1.42 bits per heavy atom. The first-order valence-electron chi connectivity index (χ1n) is 6.79. The molecule has 1 aliphatic heterocycles. The fraction of sp³-hybridized carbons (Fsp3) is 0.438. The highest BCUT2D eigenvalue weighted by atomic mass is 16.5. The maximum atomic E-state index is 10.9. The van der Waals surface area contributed by atoms with E-state index in [-0.39, 0.29) is 11.7 Å². The van der Waals surface area contributed by atoms with Crippen LogP contribution < -0.4 is 0 Å². The van der Waals surface area contributed by atoms with E-state index in [1.165, 1.54) is 5.39 Å². The number of fused-ring (bicyclic) bond motifs is 1. The van der Waals surface area contributed by atoms with Gasteiger partial charge in [-0.2, -0.15) is 0 Å². The van der Waals surface area contributed by atoms with Gasteiger partial charge < -0.3 is 9.30 Å². The summed E-state index contributed by atoms with van der Waals surface area (Å²) in [6.07, 6.45) is 5.45. The van der Waals surface area contributed by atoms with Crippen LogP contribution in [0.2, 0.25) is 0 Å². The van der Waals surface area contributed by atoms with Crippen LogP contribution in [0.15, 0.2) is 30.5 Å². The number of carbonyl (C=O) groups is 1. The van der Waals surface area contributed by atoms with Crippen molar-refractivity contribution in [3.63, 3.8) is 0 Å². The normalized spacial score (nSPS) is 21.9. The molecule has 0 radical (unpaired) electrons. The van der Waals surface area contributed by atoms with Crippen LogP contribution >= 0.6 is 0 Å². The van der Waals surface area contributed by atoms with Gasteiger partial charge in [-0.15, -0.1) is 0 Å². The Bertz CT molecular complexity index is 612. The van der Waals surface area contributed by atoms with Crippen LogP contribution in [0.4, 0.5) is 0 Å². The van der Waals surface area contributed by atoms with Crippen LogP contribution in [0, 0.1) is 0 Å². The molecule has 1 unspecified atom stereocenters. The second kappa shape index (κ2) is 4.49. The van der Waals surface area contributed by atoms with Crippen molar-refractivity contribution in [2.45, 2.75) is 44.9 Å². The van der Waals surface area contributed by atoms with Crippen molar-refractivity contribution in [3.05, 3.63) is 36.0 Å². The quantitative estimate of drug-likeness (QED) is 0.789. The predicted octanol–water partition coefficient (Wildman–Crippen LogP) is 3.41. The van der Waals surface area contributed by atoms with Gasteiger partial charge in [-0.3, -0.25) is 4.79 Å². The molecule has 100 valence electrons. The summed E-state index contributed by atoms with van der Waals surface area (Å²) in [5, 5.41) is 1.17. The summed E-state index contributed by atoms with van der Waals surface area (Å²) in [6, 6.07) is 7.89. The van der Waals surface area contributed by atoms with Gasteiger partial charge in [0.05, 0.1) is 11.7 Å². The second-order valence-electron chi connectivity index (χ2n) is 5.94. The summed E-state index contributed by atoms with van der Waals surface area (Å²) in [4.78, 5) is 10.9. The maximum Gasteiger partial charge on any atom is 0.150 e. The molecule has 3 rings (SSSR count). The van der Waals surface area contributed by atoms with E-state index in [9.17, 15) is 4.79 Å². The lowest BCUT2D eigenvalue weighted by atomic mass is 10.1. The molecule has 2 aromatic rings. The molecule has 0 amide bonds. The van der Waals surface area contributed by atoms with E-state index in [2.05, 4.69) is 30.7 Å². The fourth-order valence-electron chi connectivity index (χ4n) is 2.86. The van der Waals surface area contributed by atoms with E-state index in [4.69, 9.17) is 4.74 Å². The number of hydrogen-bond acceptors (Lipinski definition) is 2. The molecule has 0 saturated carbocycles. The Kier molecular flexibility index (Phi) is 2.94. The van der Waals surface area contributed by atoms with Crippen molar-refractivity contribution < 1.29 is 9.53 Å². The lowest BCUT2D eigenvalue weighted by Gasteiger charge is -2.20. The van der Waals surface area contributed by atoms with Gasteiger partial charge in [0.25, 0.3) is 0 Å². The molecular weight excluding hydrogens is 238 g/mol. The number of carbonyl (C=O) groups excluding carboxylic acids is 1. The fourth-order valence-corrected chi connectivity index (χ4v) is 2.86. The van der Waals surface area contributed by atoms with Crippen molar-refractivity contribution in [1.82, 2.24) is 4.57 Å². The zero-order chi connectivity index (χ0) is 13.5. The van der Waals surface area contributed by atoms with Crippen molar-refractivity contribution >= 4 is 17.2 Å². The first-order valence-corrected chi connectivity index (χ1v) is 6.79. The monoisotopic (exact) mass is 257 g/mol. The van der Waals surface area contributed by atoms with Crippen molar-refractivity contribution in [2.24, 2.45) is 0 Å². The van der Waals surface area contributed by atoms with E-state index in [0.717, 1.165) is 36.8 Å². The highest BCUT2D eigenvalue weighted by molar-refractivity contribution is 5.87. The lowest BCUT2D eigenvalue weighted by molar-refractivity contribution is -0.0212. The van der Waals surface area contributed by atoms with Crippen molar-refractivity contribution in [3.8, 4) is 0 Å². The largest absolute Gasteiger partial charge is 0.370 e. The van der Waals surface area contributed by atoms with E-state index in [1.807, 2.05) is 18.2 Å². The number of ether oxygens (including phenoxy) is 1. The van der Waals surface area contributed by atoms with Gasteiger partial charge in [0, 0.05) is 23.8 Å². The third-order valence-electron chi connectivity index (χ3n) is 3.89. The first-order chi connectivity index (χ1) is 9.07. The van der Waals surface area contributed by atoms with Gasteiger partial charge in [-0.05, 0) is 44.2 Å². The van der Waals surface area contributed by atoms with E-state index in [1.54, 1.807) is 0 Å². The Labute approximate surface area is 113 Å². The Morgan fingerprint density at radius 2 is 2.26 bits per heavy atom. The van der Waals surface area contributed by atoms with Crippen molar-refractivity contribution in [2.75, 3.05) is 0 Å². The standard InChI is InChI=1S/C16H19NO2/c1-16(2)7-5-14(19-16)10-17-8-6-13-4-3-12(11-18)9-15(13)17/h3-4,6,8-9,11,14H,5,7,10H2,1-2H3. The average molecular weight is 257 g/mol. The topological polar surface area (TPSA) is 31.2 Å². The van der Waals surface area contributed by atoms with Crippen LogP contribution in [0.25, 0.3) is 10.9 Å². The number of aldehydes is 1. The van der Waals surface area contributed by atoms with Crippen LogP contribution in [0.1, 0.15) is 37.0 Å². The van der Waals surface area contributed by atoms with Crippen LogP contribution in [0.3, 0.4) is 0 Å². The molecule has 0 N–H and O–H groups in total. The molecular formula is C16H19NO2. The van der Waals surface area contributed by atoms with Gasteiger partial charge in [0.15, 0.2) is 0 Å². The molecule has 1 aliphatic rings. The number of hydrogen-bond donors (Lipinski definition) is 0. The smallest absolute Gasteiger partial charge is 0.150 e. The Hall–Kier alpha value is -1.61. The highest BCUT2D eigenvalue weighted by Gasteiger charge is 2.31. The van der Waals surface area contributed by atoms with E-state index >= 15 is 0 Å². The third-order valence-corrected chi connectivity index (χ3v) is 3.89. The molecule has 1 saturated heterocycles. The summed E-state index contributed by atoms with van der Waals surface area (Å²) >= 11 is 0. The molecule has 1 aromatic heterocycles. The molecule has 3 nitrogen and oxygen atoms in total. The minimum absolute atomic E-state index is 0.00157. The maximum absolute atomic E-state index is 10.9. The SMILES string of the molecule is CC1(C)CCC(Cn2ccc3ccc(C=O)cc32)O1. The number of rotatable bonds is 3. The van der Waals surface area contributed by atoms with Gasteiger partial charge >= 0.3 is 0 Å². The molecule has 1 aromatic carbocycles. The molecule has 2 heterocycles. The Morgan fingerprint density at radius 3 is 2.95 bits per heavy atom. The van der Waals surface area contributed by atoms with Crippen LogP contribution in [-0.4, -0.2) is 22.6 Å². The number of aromatic nitrogens is 1. The summed E-state index contributed by atoms with van der Waals surface area (Å²) in [7, 11) is 0. The third kappa shape index (κ3) is 2.43. The van der Waals surface area contributed by atoms with Crippen molar-refractivity contribution in [1.29, 1.82) is 0 Å².